The summed E-state index contributed by atoms with van der Waals surface area (Å²) >= 11 is 0. The first-order valence-electron chi connectivity index (χ1n) is 11.1. The summed E-state index contributed by atoms with van der Waals surface area (Å²) in [4.78, 5) is 22.5. The van der Waals surface area contributed by atoms with Crippen LogP contribution in [-0.4, -0.2) is 51.0 Å². The van der Waals surface area contributed by atoms with Gasteiger partial charge in [-0.2, -0.15) is 5.10 Å². The first kappa shape index (κ1) is 20.6. The van der Waals surface area contributed by atoms with E-state index in [9.17, 15) is 4.79 Å². The average Bonchev–Trinajstić information content (AvgIpc) is 3.30. The highest BCUT2D eigenvalue weighted by Gasteiger charge is 2.12. The molecule has 1 fully saturated rings. The minimum absolute atomic E-state index is 0.108. The van der Waals surface area contributed by atoms with Gasteiger partial charge in [0.25, 0.3) is 5.56 Å². The fraction of sp³-hybridized carbons (Fsp3) is 0.320. The lowest BCUT2D eigenvalue weighted by Gasteiger charge is -2.26. The predicted molar refractivity (Wildman–Crippen MR) is 125 cm³/mol. The molecule has 5 rings (SSSR count). The van der Waals surface area contributed by atoms with Crippen molar-refractivity contribution in [2.24, 2.45) is 0 Å². The van der Waals surface area contributed by atoms with Gasteiger partial charge in [-0.3, -0.25) is 9.69 Å². The number of fused-ring (bicyclic) bond motifs is 1. The molecule has 0 aliphatic carbocycles. The normalized spacial score (nSPS) is 15.0. The Bertz CT molecular complexity index is 1280. The number of morpholine rings is 1. The van der Waals surface area contributed by atoms with Gasteiger partial charge >= 0.3 is 0 Å². The first-order valence-corrected chi connectivity index (χ1v) is 11.1. The Morgan fingerprint density at radius 1 is 1.06 bits per heavy atom. The smallest absolute Gasteiger partial charge is 0.258 e. The lowest BCUT2D eigenvalue weighted by Crippen LogP contribution is -2.35. The number of aromatic nitrogens is 4. The summed E-state index contributed by atoms with van der Waals surface area (Å²) < 4.78 is 7.29. The van der Waals surface area contributed by atoms with E-state index in [2.05, 4.69) is 44.2 Å². The topological polar surface area (TPSA) is 76.0 Å². The van der Waals surface area contributed by atoms with E-state index < -0.39 is 0 Å². The lowest BCUT2D eigenvalue weighted by molar-refractivity contribution is 0.0342. The van der Waals surface area contributed by atoms with Crippen LogP contribution < -0.4 is 5.56 Å². The van der Waals surface area contributed by atoms with Crippen LogP contribution in [0.3, 0.4) is 0 Å². The van der Waals surface area contributed by atoms with Gasteiger partial charge in [-0.15, -0.1) is 0 Å². The summed E-state index contributed by atoms with van der Waals surface area (Å²) in [5.41, 5.74) is 4.79. The van der Waals surface area contributed by atoms with E-state index in [1.807, 2.05) is 49.1 Å². The van der Waals surface area contributed by atoms with Crippen LogP contribution in [0.5, 0.6) is 0 Å². The molecule has 1 aliphatic heterocycles. The van der Waals surface area contributed by atoms with E-state index in [1.54, 1.807) is 0 Å². The molecule has 1 N–H and O–H groups in total. The van der Waals surface area contributed by atoms with Gasteiger partial charge in [-0.05, 0) is 35.4 Å². The van der Waals surface area contributed by atoms with Gasteiger partial charge in [-0.25, -0.2) is 9.67 Å². The van der Waals surface area contributed by atoms with Crippen molar-refractivity contribution in [2.75, 3.05) is 26.3 Å². The minimum atomic E-state index is -0.108. The minimum Gasteiger partial charge on any atom is -0.379 e. The van der Waals surface area contributed by atoms with E-state index >= 15 is 0 Å². The molecule has 2 aromatic carbocycles. The molecule has 0 radical (unpaired) electrons. The molecule has 4 aromatic rings. The van der Waals surface area contributed by atoms with E-state index in [0.717, 1.165) is 49.7 Å². The van der Waals surface area contributed by atoms with Crippen molar-refractivity contribution < 1.29 is 4.74 Å². The van der Waals surface area contributed by atoms with Crippen LogP contribution in [0.4, 0.5) is 0 Å². The van der Waals surface area contributed by atoms with Crippen LogP contribution in [0.15, 0.2) is 59.7 Å². The maximum atomic E-state index is 12.6. The number of benzene rings is 2. The van der Waals surface area contributed by atoms with Crippen LogP contribution >= 0.6 is 0 Å². The number of rotatable bonds is 5. The number of hydrogen-bond acceptors (Lipinski definition) is 5. The quantitative estimate of drug-likeness (QED) is 0.523. The Morgan fingerprint density at radius 2 is 1.84 bits per heavy atom. The van der Waals surface area contributed by atoms with E-state index in [4.69, 9.17) is 4.74 Å². The molecule has 2 aromatic heterocycles. The van der Waals surface area contributed by atoms with Crippen molar-refractivity contribution in [3.05, 3.63) is 76.6 Å². The van der Waals surface area contributed by atoms with Gasteiger partial charge in [0.2, 0.25) is 0 Å². The number of hydrogen-bond donors (Lipinski definition) is 1. The standard InChI is InChI=1S/C25H27N5O2/c1-17(2)24-27-23-8-5-19(13-22(23)25(31)28-24)20-14-26-30(16-20)21-6-3-18(4-7-21)15-29-9-11-32-12-10-29/h3-8,13-14,16-17H,9-12,15H2,1-2H3,(H,27,28,31). The third kappa shape index (κ3) is 4.22. The van der Waals surface area contributed by atoms with Crippen molar-refractivity contribution in [3.63, 3.8) is 0 Å². The largest absolute Gasteiger partial charge is 0.379 e. The molecule has 7 heteroatoms. The Kier molecular flexibility index (Phi) is 5.59. The van der Waals surface area contributed by atoms with Gasteiger partial charge in [-0.1, -0.05) is 32.0 Å². The first-order chi connectivity index (χ1) is 15.6. The summed E-state index contributed by atoms with van der Waals surface area (Å²) in [5.74, 6) is 0.880. The molecular formula is C25H27N5O2. The van der Waals surface area contributed by atoms with E-state index in [0.29, 0.717) is 16.7 Å². The zero-order valence-corrected chi connectivity index (χ0v) is 18.4. The number of H-pyrrole nitrogens is 1. The third-order valence-corrected chi connectivity index (χ3v) is 5.90. The summed E-state index contributed by atoms with van der Waals surface area (Å²) in [6.07, 6.45) is 3.81. The van der Waals surface area contributed by atoms with E-state index in [-0.39, 0.29) is 11.5 Å². The van der Waals surface area contributed by atoms with Gasteiger partial charge in [0.15, 0.2) is 0 Å². The highest BCUT2D eigenvalue weighted by Crippen LogP contribution is 2.24. The van der Waals surface area contributed by atoms with Crippen LogP contribution in [0.2, 0.25) is 0 Å². The molecule has 0 bridgehead atoms. The number of nitrogens with one attached hydrogen (secondary N) is 1. The Balaban J connectivity index is 1.37. The molecule has 0 saturated carbocycles. The zero-order valence-electron chi connectivity index (χ0n) is 18.4. The van der Waals surface area contributed by atoms with Crippen molar-refractivity contribution in [3.8, 4) is 16.8 Å². The molecule has 3 heterocycles. The summed E-state index contributed by atoms with van der Waals surface area (Å²) in [6, 6.07) is 14.3. The molecule has 0 spiro atoms. The Labute approximate surface area is 186 Å². The van der Waals surface area contributed by atoms with Crippen LogP contribution in [-0.2, 0) is 11.3 Å². The highest BCUT2D eigenvalue weighted by atomic mass is 16.5. The molecule has 0 amide bonds. The second kappa shape index (κ2) is 8.68. The fourth-order valence-corrected chi connectivity index (χ4v) is 3.99. The van der Waals surface area contributed by atoms with Crippen molar-refractivity contribution in [1.82, 2.24) is 24.6 Å². The van der Waals surface area contributed by atoms with E-state index in [1.165, 1.54) is 5.56 Å². The maximum Gasteiger partial charge on any atom is 0.258 e. The van der Waals surface area contributed by atoms with Gasteiger partial charge in [0.05, 0.1) is 36.0 Å². The molecule has 164 valence electrons. The zero-order chi connectivity index (χ0) is 22.1. The lowest BCUT2D eigenvalue weighted by atomic mass is 10.1. The van der Waals surface area contributed by atoms with Crippen LogP contribution in [0.1, 0.15) is 31.2 Å². The third-order valence-electron chi connectivity index (χ3n) is 5.90. The van der Waals surface area contributed by atoms with Gasteiger partial charge in [0, 0.05) is 37.3 Å². The van der Waals surface area contributed by atoms with Crippen molar-refractivity contribution in [2.45, 2.75) is 26.3 Å². The average molecular weight is 430 g/mol. The molecule has 1 aliphatic rings. The summed E-state index contributed by atoms with van der Waals surface area (Å²) in [6.45, 7) is 8.55. The molecule has 1 saturated heterocycles. The maximum absolute atomic E-state index is 12.6. The molecule has 7 nitrogen and oxygen atoms in total. The molecular weight excluding hydrogens is 402 g/mol. The van der Waals surface area contributed by atoms with Gasteiger partial charge in [0.1, 0.15) is 5.82 Å². The fourth-order valence-electron chi connectivity index (χ4n) is 3.99. The number of ether oxygens (including phenoxy) is 1. The Hall–Kier alpha value is -3.29. The molecule has 0 atom stereocenters. The SMILES string of the molecule is CC(C)c1nc2ccc(-c3cnn(-c4ccc(CN5CCOCC5)cc4)c3)cc2c(=O)[nH]1. The number of nitrogens with zero attached hydrogens (tertiary/aromatic N) is 4. The second-order valence-corrected chi connectivity index (χ2v) is 8.57. The predicted octanol–water partition coefficient (Wildman–Crippen LogP) is 3.73. The van der Waals surface area contributed by atoms with Crippen LogP contribution in [0, 0.1) is 0 Å². The second-order valence-electron chi connectivity index (χ2n) is 8.57. The van der Waals surface area contributed by atoms with Crippen molar-refractivity contribution >= 4 is 10.9 Å². The summed E-state index contributed by atoms with van der Waals surface area (Å²) in [7, 11) is 0. The van der Waals surface area contributed by atoms with Crippen LogP contribution in [0.25, 0.3) is 27.7 Å². The monoisotopic (exact) mass is 429 g/mol. The molecule has 32 heavy (non-hydrogen) atoms. The number of aromatic amines is 1. The van der Waals surface area contributed by atoms with Gasteiger partial charge < -0.3 is 9.72 Å². The molecule has 0 unspecified atom stereocenters. The highest BCUT2D eigenvalue weighted by molar-refractivity contribution is 5.83. The Morgan fingerprint density at radius 3 is 2.59 bits per heavy atom. The van der Waals surface area contributed by atoms with Crippen molar-refractivity contribution in [1.29, 1.82) is 0 Å². The summed E-state index contributed by atoms with van der Waals surface area (Å²) in [5, 5.41) is 5.13.